The van der Waals surface area contributed by atoms with E-state index in [2.05, 4.69) is 32.0 Å². The highest BCUT2D eigenvalue weighted by molar-refractivity contribution is 5.81. The molecule has 1 aliphatic heterocycles. The fraction of sp³-hybridized carbons (Fsp3) is 0.750. The lowest BCUT2D eigenvalue weighted by Gasteiger charge is -2.35. The summed E-state index contributed by atoms with van der Waals surface area (Å²) in [4.78, 5) is 25.8. The summed E-state index contributed by atoms with van der Waals surface area (Å²) in [6.45, 7) is 7.45. The Bertz CT molecular complexity index is 593. The van der Waals surface area contributed by atoms with E-state index >= 15 is 0 Å². The van der Waals surface area contributed by atoms with Crippen molar-refractivity contribution in [2.24, 2.45) is 17.8 Å². The predicted octanol–water partition coefficient (Wildman–Crippen LogP) is 1.93. The van der Waals surface area contributed by atoms with Gasteiger partial charge < -0.3 is 10.2 Å². The zero-order valence-electron chi connectivity index (χ0n) is 15.8. The van der Waals surface area contributed by atoms with Crippen LogP contribution in [0.5, 0.6) is 0 Å². The quantitative estimate of drug-likeness (QED) is 0.872. The minimum absolute atomic E-state index is 0.257. The fourth-order valence-electron chi connectivity index (χ4n) is 4.43. The predicted molar refractivity (Wildman–Crippen MR) is 102 cm³/mol. The number of rotatable bonds is 5. The Morgan fingerprint density at radius 2 is 1.92 bits per heavy atom. The van der Waals surface area contributed by atoms with Crippen LogP contribution in [-0.2, 0) is 4.79 Å². The zero-order valence-corrected chi connectivity index (χ0v) is 15.8. The molecule has 0 unspecified atom stereocenters. The summed E-state index contributed by atoms with van der Waals surface area (Å²) in [5.74, 6) is 2.93. The number of piperazine rings is 1. The van der Waals surface area contributed by atoms with Crippen LogP contribution in [0.15, 0.2) is 18.6 Å². The Balaban J connectivity index is 1.17. The van der Waals surface area contributed by atoms with E-state index in [4.69, 9.17) is 0 Å². The maximum absolute atomic E-state index is 12.5. The van der Waals surface area contributed by atoms with Crippen molar-refractivity contribution in [1.82, 2.24) is 20.2 Å². The van der Waals surface area contributed by atoms with Gasteiger partial charge in [0.2, 0.25) is 5.91 Å². The highest BCUT2D eigenvalue weighted by Gasteiger charge is 2.44. The summed E-state index contributed by atoms with van der Waals surface area (Å²) >= 11 is 0. The third-order valence-electron chi connectivity index (χ3n) is 6.36. The average molecular weight is 358 g/mol. The van der Waals surface area contributed by atoms with Gasteiger partial charge in [0.05, 0.1) is 6.20 Å². The maximum Gasteiger partial charge on any atom is 0.223 e. The topological polar surface area (TPSA) is 61.4 Å². The van der Waals surface area contributed by atoms with Crippen molar-refractivity contribution in [2.75, 3.05) is 37.6 Å². The van der Waals surface area contributed by atoms with E-state index in [1.165, 1.54) is 12.8 Å². The molecule has 6 nitrogen and oxygen atoms in total. The number of carbonyl (C=O) groups is 1. The van der Waals surface area contributed by atoms with E-state index in [1.807, 2.05) is 6.20 Å². The molecule has 1 aromatic rings. The van der Waals surface area contributed by atoms with E-state index < -0.39 is 0 Å². The van der Waals surface area contributed by atoms with E-state index in [0.29, 0.717) is 17.9 Å². The van der Waals surface area contributed by atoms with Gasteiger partial charge >= 0.3 is 0 Å². The molecule has 0 radical (unpaired) electrons. The van der Waals surface area contributed by atoms with Crippen LogP contribution in [0.2, 0.25) is 0 Å². The molecule has 3 aliphatic rings. The first-order chi connectivity index (χ1) is 12.7. The van der Waals surface area contributed by atoms with Crippen LogP contribution < -0.4 is 10.2 Å². The standard InChI is InChI=1S/C20H31N5O/c1-15-2-4-17(5-3-15)23-20(26)18-12-16(18)14-24-8-10-25(11-9-24)19-13-21-6-7-22-19/h6-7,13,15-18H,2-5,8-12,14H2,1H3,(H,23,26)/t15?,16-,17?,18+/m1/s1. The number of amides is 1. The molecule has 142 valence electrons. The lowest BCUT2D eigenvalue weighted by molar-refractivity contribution is -0.123. The lowest BCUT2D eigenvalue weighted by atomic mass is 9.87. The molecule has 0 spiro atoms. The molecule has 3 fully saturated rings. The first-order valence-corrected chi connectivity index (χ1v) is 10.2. The largest absolute Gasteiger partial charge is 0.353 e. The summed E-state index contributed by atoms with van der Waals surface area (Å²) < 4.78 is 0. The van der Waals surface area contributed by atoms with Crippen LogP contribution in [0.1, 0.15) is 39.0 Å². The van der Waals surface area contributed by atoms with Crippen LogP contribution in [0.25, 0.3) is 0 Å². The molecule has 2 saturated carbocycles. The van der Waals surface area contributed by atoms with Crippen molar-refractivity contribution in [2.45, 2.75) is 45.1 Å². The van der Waals surface area contributed by atoms with Gasteiger partial charge in [-0.05, 0) is 43.9 Å². The molecule has 1 N–H and O–H groups in total. The molecule has 26 heavy (non-hydrogen) atoms. The van der Waals surface area contributed by atoms with E-state index in [1.54, 1.807) is 12.4 Å². The Labute approximate surface area is 156 Å². The van der Waals surface area contributed by atoms with Crippen molar-refractivity contribution in [3.63, 3.8) is 0 Å². The van der Waals surface area contributed by atoms with Gasteiger partial charge in [-0.25, -0.2) is 4.98 Å². The van der Waals surface area contributed by atoms with Crippen LogP contribution in [0.4, 0.5) is 5.82 Å². The van der Waals surface area contributed by atoms with Crippen molar-refractivity contribution in [3.8, 4) is 0 Å². The highest BCUT2D eigenvalue weighted by atomic mass is 16.2. The van der Waals surface area contributed by atoms with Crippen molar-refractivity contribution >= 4 is 11.7 Å². The average Bonchev–Trinajstić information content (AvgIpc) is 3.44. The van der Waals surface area contributed by atoms with Gasteiger partial charge in [-0.1, -0.05) is 6.92 Å². The molecule has 2 heterocycles. The molecule has 1 amide bonds. The van der Waals surface area contributed by atoms with Crippen molar-refractivity contribution in [1.29, 1.82) is 0 Å². The van der Waals surface area contributed by atoms with Crippen LogP contribution in [0.3, 0.4) is 0 Å². The van der Waals surface area contributed by atoms with Gasteiger partial charge in [-0.2, -0.15) is 0 Å². The second-order valence-electron chi connectivity index (χ2n) is 8.42. The monoisotopic (exact) mass is 357 g/mol. The summed E-state index contributed by atoms with van der Waals surface area (Å²) in [5, 5.41) is 3.32. The summed E-state index contributed by atoms with van der Waals surface area (Å²) in [6, 6.07) is 0.426. The molecule has 1 aromatic heterocycles. The molecule has 0 bridgehead atoms. The fourth-order valence-corrected chi connectivity index (χ4v) is 4.43. The molecule has 0 aromatic carbocycles. The maximum atomic E-state index is 12.5. The second-order valence-corrected chi connectivity index (χ2v) is 8.42. The first-order valence-electron chi connectivity index (χ1n) is 10.2. The molecule has 1 saturated heterocycles. The summed E-state index contributed by atoms with van der Waals surface area (Å²) in [6.07, 6.45) is 11.2. The molecular weight excluding hydrogens is 326 g/mol. The molecular formula is C20H31N5O. The highest BCUT2D eigenvalue weighted by Crippen LogP contribution is 2.40. The normalized spacial score (nSPS) is 32.3. The Morgan fingerprint density at radius 3 is 2.62 bits per heavy atom. The molecule has 4 rings (SSSR count). The minimum Gasteiger partial charge on any atom is -0.353 e. The Morgan fingerprint density at radius 1 is 1.15 bits per heavy atom. The Kier molecular flexibility index (Phi) is 5.38. The van der Waals surface area contributed by atoms with Crippen LogP contribution in [0, 0.1) is 17.8 Å². The van der Waals surface area contributed by atoms with Gasteiger partial charge in [0.25, 0.3) is 0 Å². The number of hydrogen-bond acceptors (Lipinski definition) is 5. The lowest BCUT2D eigenvalue weighted by Crippen LogP contribution is -2.47. The van der Waals surface area contributed by atoms with Gasteiger partial charge in [0, 0.05) is 57.1 Å². The van der Waals surface area contributed by atoms with Gasteiger partial charge in [0.15, 0.2) is 0 Å². The minimum atomic E-state index is 0.257. The summed E-state index contributed by atoms with van der Waals surface area (Å²) in [5.41, 5.74) is 0. The third kappa shape index (κ3) is 4.34. The van der Waals surface area contributed by atoms with Crippen LogP contribution in [-0.4, -0.2) is 59.5 Å². The van der Waals surface area contributed by atoms with Gasteiger partial charge in [-0.15, -0.1) is 0 Å². The number of anilines is 1. The number of nitrogens with zero attached hydrogens (tertiary/aromatic N) is 4. The number of aromatic nitrogens is 2. The number of carbonyl (C=O) groups excluding carboxylic acids is 1. The first kappa shape index (κ1) is 17.7. The van der Waals surface area contributed by atoms with Gasteiger partial charge in [-0.3, -0.25) is 14.7 Å². The van der Waals surface area contributed by atoms with Gasteiger partial charge in [0.1, 0.15) is 5.82 Å². The summed E-state index contributed by atoms with van der Waals surface area (Å²) in [7, 11) is 0. The smallest absolute Gasteiger partial charge is 0.223 e. The zero-order chi connectivity index (χ0) is 17.9. The Hall–Kier alpha value is -1.69. The van der Waals surface area contributed by atoms with Crippen LogP contribution >= 0.6 is 0 Å². The van der Waals surface area contributed by atoms with E-state index in [-0.39, 0.29) is 5.92 Å². The van der Waals surface area contributed by atoms with Crippen molar-refractivity contribution in [3.05, 3.63) is 18.6 Å². The van der Waals surface area contributed by atoms with E-state index in [9.17, 15) is 4.79 Å². The molecule has 6 heteroatoms. The molecule has 2 atom stereocenters. The SMILES string of the molecule is CC1CCC(NC(=O)[C@H]2C[C@@H]2CN2CCN(c3cnccn3)CC2)CC1. The second kappa shape index (κ2) is 7.91. The third-order valence-corrected chi connectivity index (χ3v) is 6.36. The van der Waals surface area contributed by atoms with E-state index in [0.717, 1.165) is 63.7 Å². The number of hydrogen-bond donors (Lipinski definition) is 1. The number of nitrogens with one attached hydrogen (secondary N) is 1. The molecule has 2 aliphatic carbocycles. The van der Waals surface area contributed by atoms with Crippen molar-refractivity contribution < 1.29 is 4.79 Å².